The van der Waals surface area contributed by atoms with Crippen molar-refractivity contribution in [2.45, 2.75) is 50.6 Å². The minimum absolute atomic E-state index is 0.0879. The summed E-state index contributed by atoms with van der Waals surface area (Å²) in [5, 5.41) is 15.9. The van der Waals surface area contributed by atoms with Crippen LogP contribution in [0.25, 0.3) is 10.9 Å². The third kappa shape index (κ3) is 4.51. The Labute approximate surface area is 192 Å². The van der Waals surface area contributed by atoms with Gasteiger partial charge in [0.25, 0.3) is 5.91 Å². The molecule has 1 aromatic heterocycles. The number of nitrogens with zero attached hydrogens (tertiary/aromatic N) is 2. The van der Waals surface area contributed by atoms with Gasteiger partial charge in [-0.1, -0.05) is 25.3 Å². The Balaban J connectivity index is 1.68. The summed E-state index contributed by atoms with van der Waals surface area (Å²) in [6.45, 7) is 0.582. The highest BCUT2D eigenvalue weighted by Gasteiger charge is 2.34. The standard InChI is InChI=1S/C24H29N5O4/c1-33-21-7-3-6-18-17(21)12-19(22(26)30)29(18)20(10-14-4-2-5-14)24(32)28-16(13-25)11-15-8-9-27-23(15)31/h3,6-7,12,14-16,20H,2,4-5,8-11H2,1H3,(H2,26,30)(H,27,31)(H,28,32)/t15-,16-,20-/m0/s1. The number of carbonyl (C=O) groups is 3. The largest absolute Gasteiger partial charge is 0.496 e. The molecule has 1 aliphatic carbocycles. The maximum absolute atomic E-state index is 13.5. The zero-order valence-electron chi connectivity index (χ0n) is 18.7. The average Bonchev–Trinajstić information content (AvgIpc) is 3.35. The van der Waals surface area contributed by atoms with Gasteiger partial charge in [0.05, 0.1) is 18.7 Å². The van der Waals surface area contributed by atoms with E-state index in [1.165, 1.54) is 0 Å². The van der Waals surface area contributed by atoms with Gasteiger partial charge in [-0.25, -0.2) is 0 Å². The molecule has 2 fully saturated rings. The van der Waals surface area contributed by atoms with Gasteiger partial charge in [-0.15, -0.1) is 0 Å². The summed E-state index contributed by atoms with van der Waals surface area (Å²) in [5.74, 6) is -0.439. The molecule has 0 bridgehead atoms. The van der Waals surface area contributed by atoms with Crippen LogP contribution in [0, 0.1) is 23.2 Å². The van der Waals surface area contributed by atoms with Crippen molar-refractivity contribution in [1.82, 2.24) is 15.2 Å². The van der Waals surface area contributed by atoms with E-state index in [1.54, 1.807) is 29.9 Å². The zero-order chi connectivity index (χ0) is 23.5. The zero-order valence-corrected chi connectivity index (χ0v) is 18.7. The molecule has 2 heterocycles. The van der Waals surface area contributed by atoms with Gasteiger partial charge in [0, 0.05) is 17.8 Å². The lowest BCUT2D eigenvalue weighted by atomic mass is 9.80. The number of hydrogen-bond donors (Lipinski definition) is 3. The molecule has 2 aromatic rings. The van der Waals surface area contributed by atoms with Crippen molar-refractivity contribution < 1.29 is 19.1 Å². The Kier molecular flexibility index (Phi) is 6.54. The number of primary amides is 1. The number of amides is 3. The first-order chi connectivity index (χ1) is 15.9. The van der Waals surface area contributed by atoms with Crippen molar-refractivity contribution in [2.24, 2.45) is 17.6 Å². The van der Waals surface area contributed by atoms with E-state index in [9.17, 15) is 19.6 Å². The van der Waals surface area contributed by atoms with Crippen LogP contribution < -0.4 is 21.1 Å². The van der Waals surface area contributed by atoms with Crippen LogP contribution in [0.4, 0.5) is 0 Å². The van der Waals surface area contributed by atoms with Crippen molar-refractivity contribution in [1.29, 1.82) is 5.26 Å². The fourth-order valence-electron chi connectivity index (χ4n) is 4.87. The predicted octanol–water partition coefficient (Wildman–Crippen LogP) is 2.01. The van der Waals surface area contributed by atoms with Crippen LogP contribution in [0.1, 0.15) is 55.1 Å². The lowest BCUT2D eigenvalue weighted by molar-refractivity contribution is -0.126. The summed E-state index contributed by atoms with van der Waals surface area (Å²) in [5.41, 5.74) is 6.60. The van der Waals surface area contributed by atoms with Crippen molar-refractivity contribution in [2.75, 3.05) is 13.7 Å². The second-order valence-corrected chi connectivity index (χ2v) is 8.91. The number of nitrogens with two attached hydrogens (primary N) is 1. The van der Waals surface area contributed by atoms with Gasteiger partial charge >= 0.3 is 0 Å². The van der Waals surface area contributed by atoms with E-state index in [0.717, 1.165) is 19.3 Å². The quantitative estimate of drug-likeness (QED) is 0.535. The van der Waals surface area contributed by atoms with E-state index in [1.807, 2.05) is 6.07 Å². The molecule has 3 atom stereocenters. The number of nitriles is 1. The molecular weight excluding hydrogens is 422 g/mol. The number of benzene rings is 1. The fraction of sp³-hybridized carbons (Fsp3) is 0.500. The number of nitrogens with one attached hydrogen (secondary N) is 2. The van der Waals surface area contributed by atoms with E-state index in [4.69, 9.17) is 10.5 Å². The fourth-order valence-corrected chi connectivity index (χ4v) is 4.87. The summed E-state index contributed by atoms with van der Waals surface area (Å²) >= 11 is 0. The first-order valence-electron chi connectivity index (χ1n) is 11.4. The minimum Gasteiger partial charge on any atom is -0.496 e. The van der Waals surface area contributed by atoms with Crippen LogP contribution >= 0.6 is 0 Å². The Bertz CT molecular complexity index is 1110. The summed E-state index contributed by atoms with van der Waals surface area (Å²) in [6, 6.07) is 7.68. The lowest BCUT2D eigenvalue weighted by Crippen LogP contribution is -2.42. The SMILES string of the molecule is COc1cccc2c1cc(C(N)=O)n2[C@@H](CC1CCC1)C(=O)N[C@H](C#N)C[C@@H]1CCNC1=O. The highest BCUT2D eigenvalue weighted by Crippen LogP contribution is 2.38. The monoisotopic (exact) mass is 451 g/mol. The van der Waals surface area contributed by atoms with Gasteiger partial charge in [-0.3, -0.25) is 14.4 Å². The van der Waals surface area contributed by atoms with Gasteiger partial charge in [0.2, 0.25) is 11.8 Å². The third-order valence-corrected chi connectivity index (χ3v) is 6.87. The molecule has 9 nitrogen and oxygen atoms in total. The molecule has 0 radical (unpaired) electrons. The first-order valence-corrected chi connectivity index (χ1v) is 11.4. The number of carbonyl (C=O) groups excluding carboxylic acids is 3. The summed E-state index contributed by atoms with van der Waals surface area (Å²) in [7, 11) is 1.55. The van der Waals surface area contributed by atoms with Crippen molar-refractivity contribution in [3.8, 4) is 11.8 Å². The number of aromatic nitrogens is 1. The van der Waals surface area contributed by atoms with E-state index in [0.29, 0.717) is 42.0 Å². The smallest absolute Gasteiger partial charge is 0.265 e. The van der Waals surface area contributed by atoms with E-state index >= 15 is 0 Å². The van der Waals surface area contributed by atoms with Gasteiger partial charge in [-0.2, -0.15) is 5.26 Å². The Morgan fingerprint density at radius 1 is 1.33 bits per heavy atom. The number of methoxy groups -OCH3 is 1. The molecular formula is C24H29N5O4. The first kappa shape index (κ1) is 22.6. The van der Waals surface area contributed by atoms with Gasteiger partial charge < -0.3 is 25.7 Å². The van der Waals surface area contributed by atoms with Crippen molar-refractivity contribution >= 4 is 28.6 Å². The normalized spacial score (nSPS) is 19.9. The predicted molar refractivity (Wildman–Crippen MR) is 121 cm³/mol. The molecule has 33 heavy (non-hydrogen) atoms. The molecule has 1 aromatic carbocycles. The maximum Gasteiger partial charge on any atom is 0.265 e. The molecule has 3 amide bonds. The van der Waals surface area contributed by atoms with Crippen LogP contribution in [0.5, 0.6) is 5.75 Å². The Morgan fingerprint density at radius 3 is 2.70 bits per heavy atom. The highest BCUT2D eigenvalue weighted by molar-refractivity contribution is 6.01. The molecule has 1 aliphatic heterocycles. The number of rotatable bonds is 9. The molecule has 4 N–H and O–H groups in total. The molecule has 4 rings (SSSR count). The maximum atomic E-state index is 13.5. The van der Waals surface area contributed by atoms with E-state index in [2.05, 4.69) is 16.7 Å². The topological polar surface area (TPSA) is 139 Å². The lowest BCUT2D eigenvalue weighted by Gasteiger charge is -2.31. The van der Waals surface area contributed by atoms with Crippen LogP contribution in [0.3, 0.4) is 0 Å². The molecule has 0 unspecified atom stereocenters. The molecule has 1 saturated heterocycles. The minimum atomic E-state index is -0.802. The van der Waals surface area contributed by atoms with Crippen molar-refractivity contribution in [3.05, 3.63) is 30.0 Å². The number of fused-ring (bicyclic) bond motifs is 1. The van der Waals surface area contributed by atoms with Crippen LogP contribution in [0.2, 0.25) is 0 Å². The van der Waals surface area contributed by atoms with Gasteiger partial charge in [0.1, 0.15) is 23.5 Å². The van der Waals surface area contributed by atoms with Gasteiger partial charge in [-0.05, 0) is 43.4 Å². The van der Waals surface area contributed by atoms with E-state index < -0.39 is 18.0 Å². The second-order valence-electron chi connectivity index (χ2n) is 8.91. The average molecular weight is 452 g/mol. The Hall–Kier alpha value is -3.54. The van der Waals surface area contributed by atoms with Crippen molar-refractivity contribution in [3.63, 3.8) is 0 Å². The highest BCUT2D eigenvalue weighted by atomic mass is 16.5. The van der Waals surface area contributed by atoms with E-state index in [-0.39, 0.29) is 29.8 Å². The van der Waals surface area contributed by atoms with Crippen LogP contribution in [-0.2, 0) is 9.59 Å². The summed E-state index contributed by atoms with van der Waals surface area (Å²) < 4.78 is 7.13. The van der Waals surface area contributed by atoms with Gasteiger partial charge in [0.15, 0.2) is 0 Å². The van der Waals surface area contributed by atoms with Crippen LogP contribution in [0.15, 0.2) is 24.3 Å². The molecule has 0 spiro atoms. The number of ether oxygens (including phenoxy) is 1. The molecule has 1 saturated carbocycles. The summed E-state index contributed by atoms with van der Waals surface area (Å²) in [4.78, 5) is 37.9. The number of hydrogen-bond acceptors (Lipinski definition) is 5. The summed E-state index contributed by atoms with van der Waals surface area (Å²) in [6.07, 6.45) is 4.58. The second kappa shape index (κ2) is 9.53. The van der Waals surface area contributed by atoms with Crippen LogP contribution in [-0.4, -0.2) is 42.0 Å². The molecule has 2 aliphatic rings. The molecule has 9 heteroatoms. The third-order valence-electron chi connectivity index (χ3n) is 6.87. The molecule has 174 valence electrons. The Morgan fingerprint density at radius 2 is 2.12 bits per heavy atom.